The predicted molar refractivity (Wildman–Crippen MR) is 78.3 cm³/mol. The van der Waals surface area contributed by atoms with Crippen LogP contribution in [0.4, 0.5) is 0 Å². The first-order chi connectivity index (χ1) is 10.1. The summed E-state index contributed by atoms with van der Waals surface area (Å²) >= 11 is 0. The standard InChI is InChI=1S/C13H14N6O2/c1-21-12(20)11-6-7-19(18-11)10-4-2-9(3-5-10)8-16-17-13(14)15/h2-8H,1H3,(H4,14,15,17). The van der Waals surface area contributed by atoms with Crippen molar-refractivity contribution in [2.24, 2.45) is 21.7 Å². The smallest absolute Gasteiger partial charge is 0.358 e. The van der Waals surface area contributed by atoms with E-state index < -0.39 is 5.97 Å². The fourth-order valence-electron chi connectivity index (χ4n) is 1.56. The van der Waals surface area contributed by atoms with Gasteiger partial charge in [-0.3, -0.25) is 0 Å². The van der Waals surface area contributed by atoms with Crippen LogP contribution in [-0.2, 0) is 4.74 Å². The molecule has 4 N–H and O–H groups in total. The maximum atomic E-state index is 11.3. The number of benzene rings is 1. The summed E-state index contributed by atoms with van der Waals surface area (Å²) in [6.45, 7) is 0. The molecule has 2 aromatic rings. The monoisotopic (exact) mass is 286 g/mol. The van der Waals surface area contributed by atoms with E-state index in [1.54, 1.807) is 16.9 Å². The molecule has 0 spiro atoms. The van der Waals surface area contributed by atoms with Gasteiger partial charge >= 0.3 is 5.97 Å². The Morgan fingerprint density at radius 2 is 2.00 bits per heavy atom. The predicted octanol–water partition coefficient (Wildman–Crippen LogP) is 0.266. The fourth-order valence-corrected chi connectivity index (χ4v) is 1.56. The van der Waals surface area contributed by atoms with Crippen molar-refractivity contribution >= 4 is 18.1 Å². The molecule has 1 heterocycles. The average molecular weight is 286 g/mol. The number of nitrogens with two attached hydrogens (primary N) is 2. The Morgan fingerprint density at radius 3 is 2.62 bits per heavy atom. The molecule has 0 aliphatic rings. The van der Waals surface area contributed by atoms with Crippen LogP contribution < -0.4 is 11.5 Å². The quantitative estimate of drug-likeness (QED) is 0.361. The van der Waals surface area contributed by atoms with Crippen LogP contribution in [0.1, 0.15) is 16.1 Å². The van der Waals surface area contributed by atoms with Crippen LogP contribution in [0.5, 0.6) is 0 Å². The molecule has 0 fully saturated rings. The highest BCUT2D eigenvalue weighted by atomic mass is 16.5. The van der Waals surface area contributed by atoms with Gasteiger partial charge in [-0.25, -0.2) is 9.48 Å². The van der Waals surface area contributed by atoms with E-state index in [-0.39, 0.29) is 11.7 Å². The molecule has 0 unspecified atom stereocenters. The molecule has 2 rings (SSSR count). The summed E-state index contributed by atoms with van der Waals surface area (Å²) in [4.78, 5) is 11.3. The normalized spacial score (nSPS) is 10.5. The largest absolute Gasteiger partial charge is 0.464 e. The van der Waals surface area contributed by atoms with Crippen molar-refractivity contribution in [2.75, 3.05) is 7.11 Å². The fraction of sp³-hybridized carbons (Fsp3) is 0.0769. The van der Waals surface area contributed by atoms with Crippen molar-refractivity contribution in [3.8, 4) is 5.69 Å². The van der Waals surface area contributed by atoms with E-state index >= 15 is 0 Å². The number of hydrogen-bond acceptors (Lipinski definition) is 5. The second kappa shape index (κ2) is 6.33. The first-order valence-corrected chi connectivity index (χ1v) is 5.96. The molecule has 0 radical (unpaired) electrons. The Morgan fingerprint density at radius 1 is 1.29 bits per heavy atom. The molecule has 8 nitrogen and oxygen atoms in total. The number of rotatable bonds is 4. The van der Waals surface area contributed by atoms with E-state index in [0.29, 0.717) is 0 Å². The lowest BCUT2D eigenvalue weighted by Crippen LogP contribution is -2.21. The van der Waals surface area contributed by atoms with Gasteiger partial charge in [-0.2, -0.15) is 10.2 Å². The van der Waals surface area contributed by atoms with Crippen LogP contribution in [0.2, 0.25) is 0 Å². The number of carbonyl (C=O) groups is 1. The zero-order valence-electron chi connectivity index (χ0n) is 11.3. The Hall–Kier alpha value is -3.16. The summed E-state index contributed by atoms with van der Waals surface area (Å²) in [6.07, 6.45) is 3.20. The van der Waals surface area contributed by atoms with Crippen LogP contribution in [-0.4, -0.2) is 35.0 Å². The summed E-state index contributed by atoms with van der Waals surface area (Å²) in [5.74, 6) is -0.579. The van der Waals surface area contributed by atoms with Crippen LogP contribution in [0.15, 0.2) is 46.7 Å². The highest BCUT2D eigenvalue weighted by molar-refractivity contribution is 5.87. The molecule has 1 aromatic carbocycles. The minimum absolute atomic E-state index is 0.102. The van der Waals surface area contributed by atoms with Crippen molar-refractivity contribution < 1.29 is 9.53 Å². The highest BCUT2D eigenvalue weighted by Crippen LogP contribution is 2.09. The third kappa shape index (κ3) is 3.66. The van der Waals surface area contributed by atoms with Gasteiger partial charge in [-0.1, -0.05) is 12.1 Å². The Kier molecular flexibility index (Phi) is 4.30. The number of ether oxygens (including phenoxy) is 1. The lowest BCUT2D eigenvalue weighted by molar-refractivity contribution is 0.0593. The third-order valence-electron chi connectivity index (χ3n) is 2.52. The lowest BCUT2D eigenvalue weighted by atomic mass is 10.2. The van der Waals surface area contributed by atoms with Crippen LogP contribution in [0, 0.1) is 0 Å². The van der Waals surface area contributed by atoms with Crippen molar-refractivity contribution in [1.82, 2.24) is 9.78 Å². The van der Waals surface area contributed by atoms with Gasteiger partial charge in [0, 0.05) is 6.20 Å². The average Bonchev–Trinajstić information content (AvgIpc) is 2.96. The topological polar surface area (TPSA) is 121 Å². The second-order valence-electron chi connectivity index (χ2n) is 4.00. The Balaban J connectivity index is 2.15. The summed E-state index contributed by atoms with van der Waals surface area (Å²) in [5.41, 5.74) is 12.2. The second-order valence-corrected chi connectivity index (χ2v) is 4.00. The van der Waals surface area contributed by atoms with E-state index in [9.17, 15) is 4.79 Å². The zero-order chi connectivity index (χ0) is 15.2. The van der Waals surface area contributed by atoms with Gasteiger partial charge in [0.1, 0.15) is 0 Å². The first-order valence-electron chi connectivity index (χ1n) is 5.96. The number of aromatic nitrogens is 2. The van der Waals surface area contributed by atoms with Crippen LogP contribution in [0.3, 0.4) is 0 Å². The number of carbonyl (C=O) groups excluding carboxylic acids is 1. The molecule has 8 heteroatoms. The molecule has 0 amide bonds. The van der Waals surface area contributed by atoms with E-state index in [1.807, 2.05) is 24.3 Å². The van der Waals surface area contributed by atoms with Crippen molar-refractivity contribution in [1.29, 1.82) is 0 Å². The van der Waals surface area contributed by atoms with Gasteiger partial charge < -0.3 is 16.2 Å². The zero-order valence-corrected chi connectivity index (χ0v) is 11.3. The molecule has 0 saturated heterocycles. The molecule has 1 aromatic heterocycles. The number of methoxy groups -OCH3 is 1. The highest BCUT2D eigenvalue weighted by Gasteiger charge is 2.09. The number of guanidine groups is 1. The van der Waals surface area contributed by atoms with Crippen LogP contribution in [0.25, 0.3) is 5.69 Å². The number of hydrogen-bond donors (Lipinski definition) is 2. The maximum absolute atomic E-state index is 11.3. The first kappa shape index (κ1) is 14.3. The van der Waals surface area contributed by atoms with Gasteiger partial charge in [-0.15, -0.1) is 5.10 Å². The molecule has 21 heavy (non-hydrogen) atoms. The Bertz CT molecular complexity index is 683. The van der Waals surface area contributed by atoms with Crippen molar-refractivity contribution in [3.05, 3.63) is 47.8 Å². The maximum Gasteiger partial charge on any atom is 0.358 e. The van der Waals surface area contributed by atoms with Gasteiger partial charge in [-0.05, 0) is 23.8 Å². The number of esters is 1. The summed E-state index contributed by atoms with van der Waals surface area (Å²) in [7, 11) is 1.31. The van der Waals surface area contributed by atoms with Gasteiger partial charge in [0.15, 0.2) is 5.69 Å². The summed E-state index contributed by atoms with van der Waals surface area (Å²) in [5, 5.41) is 11.3. The van der Waals surface area contributed by atoms with E-state index in [2.05, 4.69) is 20.0 Å². The van der Waals surface area contributed by atoms with Gasteiger partial charge in [0.25, 0.3) is 0 Å². The van der Waals surface area contributed by atoms with E-state index in [0.717, 1.165) is 11.3 Å². The molecular formula is C13H14N6O2. The molecular weight excluding hydrogens is 272 g/mol. The molecule has 0 aliphatic carbocycles. The minimum atomic E-state index is -0.477. The van der Waals surface area contributed by atoms with Crippen LogP contribution >= 0.6 is 0 Å². The van der Waals surface area contributed by atoms with Crippen molar-refractivity contribution in [2.45, 2.75) is 0 Å². The third-order valence-corrected chi connectivity index (χ3v) is 2.52. The van der Waals surface area contributed by atoms with Crippen molar-refractivity contribution in [3.63, 3.8) is 0 Å². The van der Waals surface area contributed by atoms with Gasteiger partial charge in [0.2, 0.25) is 5.96 Å². The molecule has 108 valence electrons. The van der Waals surface area contributed by atoms with Gasteiger partial charge in [0.05, 0.1) is 19.0 Å². The molecule has 0 atom stereocenters. The molecule has 0 bridgehead atoms. The molecule has 0 aliphatic heterocycles. The number of nitrogens with zero attached hydrogens (tertiary/aromatic N) is 4. The van der Waals surface area contributed by atoms with E-state index in [1.165, 1.54) is 13.3 Å². The molecule has 0 saturated carbocycles. The Labute approximate surface area is 120 Å². The summed E-state index contributed by atoms with van der Waals surface area (Å²) < 4.78 is 6.18. The minimum Gasteiger partial charge on any atom is -0.464 e. The summed E-state index contributed by atoms with van der Waals surface area (Å²) in [6, 6.07) is 8.87. The van der Waals surface area contributed by atoms with E-state index in [4.69, 9.17) is 11.5 Å². The SMILES string of the molecule is COC(=O)c1ccn(-c2ccc(C=NN=C(N)N)cc2)n1. The lowest BCUT2D eigenvalue weighted by Gasteiger charge is -2.01.